The van der Waals surface area contributed by atoms with Crippen LogP contribution in [0.4, 0.5) is 0 Å². The van der Waals surface area contributed by atoms with Crippen molar-refractivity contribution in [1.29, 1.82) is 0 Å². The predicted molar refractivity (Wildman–Crippen MR) is 101 cm³/mol. The maximum absolute atomic E-state index is 12.9. The number of aromatic nitrogens is 3. The van der Waals surface area contributed by atoms with Crippen molar-refractivity contribution in [3.8, 4) is 11.4 Å². The predicted octanol–water partition coefficient (Wildman–Crippen LogP) is 4.27. The Labute approximate surface area is 154 Å². The molecule has 1 aromatic carbocycles. The monoisotopic (exact) mass is 375 g/mol. The second kappa shape index (κ2) is 6.77. The summed E-state index contributed by atoms with van der Waals surface area (Å²) in [5.74, 6) is 2.13. The third-order valence-electron chi connectivity index (χ3n) is 4.17. The van der Waals surface area contributed by atoms with Crippen molar-refractivity contribution in [1.82, 2.24) is 14.5 Å². The highest BCUT2D eigenvalue weighted by Gasteiger charge is 2.22. The third kappa shape index (κ3) is 3.28. The molecule has 2 aromatic heterocycles. The van der Waals surface area contributed by atoms with Crippen LogP contribution in [-0.4, -0.2) is 26.9 Å². The number of hydrogen-bond donors (Lipinski definition) is 1. The summed E-state index contributed by atoms with van der Waals surface area (Å²) >= 11 is 7.91. The summed E-state index contributed by atoms with van der Waals surface area (Å²) in [6.45, 7) is 2.73. The molecule has 1 N–H and O–H groups in total. The number of fused-ring (bicyclic) bond motifs is 1. The Morgan fingerprint density at radius 1 is 1.40 bits per heavy atom. The number of halogens is 1. The summed E-state index contributed by atoms with van der Waals surface area (Å²) in [4.78, 5) is 20.5. The summed E-state index contributed by atoms with van der Waals surface area (Å²) in [5.41, 5.74) is 1.72. The van der Waals surface area contributed by atoms with E-state index in [1.807, 2.05) is 25.1 Å². The Morgan fingerprint density at radius 3 is 2.96 bits per heavy atom. The molecule has 1 aliphatic carbocycles. The molecule has 0 atom stereocenters. The largest absolute Gasteiger partial charge is 0.492 e. The number of aromatic amines is 1. The van der Waals surface area contributed by atoms with Crippen LogP contribution in [0.1, 0.15) is 19.8 Å². The molecule has 1 aliphatic rings. The molecule has 0 bridgehead atoms. The number of thioether (sulfide) groups is 1. The molecule has 0 radical (unpaired) electrons. The minimum Gasteiger partial charge on any atom is -0.492 e. The number of hydrogen-bond acceptors (Lipinski definition) is 4. The molecule has 1 fully saturated rings. The molecule has 130 valence electrons. The van der Waals surface area contributed by atoms with Crippen molar-refractivity contribution in [3.63, 3.8) is 0 Å². The van der Waals surface area contributed by atoms with Gasteiger partial charge >= 0.3 is 0 Å². The molecular formula is C18H18ClN3O2S. The smallest absolute Gasteiger partial charge is 0.283 e. The highest BCUT2D eigenvalue weighted by atomic mass is 35.5. The van der Waals surface area contributed by atoms with Gasteiger partial charge in [-0.05, 0) is 48.8 Å². The van der Waals surface area contributed by atoms with Crippen LogP contribution in [0.5, 0.6) is 5.75 Å². The van der Waals surface area contributed by atoms with E-state index in [4.69, 9.17) is 16.3 Å². The van der Waals surface area contributed by atoms with Crippen LogP contribution in [0.25, 0.3) is 16.7 Å². The first-order chi connectivity index (χ1) is 12.2. The third-order valence-corrected chi connectivity index (χ3v) is 5.28. The summed E-state index contributed by atoms with van der Waals surface area (Å²) in [6, 6.07) is 7.25. The lowest BCUT2D eigenvalue weighted by molar-refractivity contribution is 0.300. The topological polar surface area (TPSA) is 59.9 Å². The zero-order chi connectivity index (χ0) is 17.4. The summed E-state index contributed by atoms with van der Waals surface area (Å²) in [7, 11) is 0. The lowest BCUT2D eigenvalue weighted by Crippen LogP contribution is -2.21. The molecule has 0 spiro atoms. The fraction of sp³-hybridized carbons (Fsp3) is 0.333. The highest BCUT2D eigenvalue weighted by Crippen LogP contribution is 2.33. The minimum absolute atomic E-state index is 0.131. The molecule has 3 aromatic rings. The van der Waals surface area contributed by atoms with E-state index < -0.39 is 0 Å². The van der Waals surface area contributed by atoms with Gasteiger partial charge in [-0.3, -0.25) is 9.36 Å². The Balaban J connectivity index is 1.77. The van der Waals surface area contributed by atoms with E-state index in [0.29, 0.717) is 45.2 Å². The van der Waals surface area contributed by atoms with Crippen molar-refractivity contribution in [2.24, 2.45) is 5.92 Å². The normalized spacial score (nSPS) is 14.2. The second-order valence-electron chi connectivity index (χ2n) is 6.07. The summed E-state index contributed by atoms with van der Waals surface area (Å²) in [5, 5.41) is 1.16. The molecule has 0 saturated heterocycles. The fourth-order valence-electron chi connectivity index (χ4n) is 2.67. The lowest BCUT2D eigenvalue weighted by Gasteiger charge is -2.13. The van der Waals surface area contributed by atoms with Gasteiger partial charge in [0.1, 0.15) is 11.3 Å². The first kappa shape index (κ1) is 16.5. The molecule has 5 nitrogen and oxygen atoms in total. The van der Waals surface area contributed by atoms with Gasteiger partial charge in [-0.1, -0.05) is 30.3 Å². The van der Waals surface area contributed by atoms with E-state index in [0.717, 1.165) is 5.75 Å². The van der Waals surface area contributed by atoms with Crippen LogP contribution >= 0.6 is 23.4 Å². The molecule has 0 unspecified atom stereocenters. The van der Waals surface area contributed by atoms with Gasteiger partial charge in [-0.2, -0.15) is 0 Å². The van der Waals surface area contributed by atoms with Gasteiger partial charge in [0.05, 0.1) is 22.8 Å². The number of H-pyrrole nitrogens is 1. The van der Waals surface area contributed by atoms with E-state index in [-0.39, 0.29) is 5.56 Å². The van der Waals surface area contributed by atoms with Crippen LogP contribution in [0.15, 0.2) is 40.4 Å². The Kier molecular flexibility index (Phi) is 4.48. The van der Waals surface area contributed by atoms with Crippen molar-refractivity contribution < 1.29 is 4.74 Å². The van der Waals surface area contributed by atoms with Crippen LogP contribution in [-0.2, 0) is 0 Å². The maximum Gasteiger partial charge on any atom is 0.283 e. The van der Waals surface area contributed by atoms with Crippen LogP contribution < -0.4 is 10.3 Å². The molecule has 0 aliphatic heterocycles. The number of nitrogens with one attached hydrogen (secondary N) is 1. The molecule has 1 saturated carbocycles. The van der Waals surface area contributed by atoms with Crippen molar-refractivity contribution >= 4 is 34.4 Å². The van der Waals surface area contributed by atoms with Gasteiger partial charge in [0.2, 0.25) is 0 Å². The highest BCUT2D eigenvalue weighted by molar-refractivity contribution is 7.99. The number of nitrogens with zero attached hydrogens (tertiary/aromatic N) is 2. The quantitative estimate of drug-likeness (QED) is 0.516. The van der Waals surface area contributed by atoms with E-state index in [2.05, 4.69) is 9.97 Å². The number of rotatable bonds is 6. The summed E-state index contributed by atoms with van der Waals surface area (Å²) in [6.07, 6.45) is 4.18. The molecule has 4 rings (SSSR count). The average molecular weight is 376 g/mol. The maximum atomic E-state index is 12.9. The molecular weight excluding hydrogens is 358 g/mol. The first-order valence-corrected chi connectivity index (χ1v) is 9.69. The van der Waals surface area contributed by atoms with Gasteiger partial charge in [0.15, 0.2) is 5.16 Å². The Bertz CT molecular complexity index is 978. The van der Waals surface area contributed by atoms with Gasteiger partial charge in [0, 0.05) is 6.20 Å². The standard InChI is InChI=1S/C18H18ClN3O2S/c1-2-25-18-21-14-7-8-20-16(14)17(23)22(18)12-5-6-15(13(19)9-12)24-10-11-3-4-11/h5-9,11,20H,2-4,10H2,1H3. The average Bonchev–Trinajstić information content (AvgIpc) is 3.30. The second-order valence-corrected chi connectivity index (χ2v) is 7.71. The van der Waals surface area contributed by atoms with E-state index in [1.165, 1.54) is 24.6 Å². The molecule has 2 heterocycles. The van der Waals surface area contributed by atoms with Gasteiger partial charge < -0.3 is 9.72 Å². The first-order valence-electron chi connectivity index (χ1n) is 8.33. The number of benzene rings is 1. The lowest BCUT2D eigenvalue weighted by atomic mass is 10.3. The van der Waals surface area contributed by atoms with Crippen molar-refractivity contribution in [2.75, 3.05) is 12.4 Å². The van der Waals surface area contributed by atoms with E-state index in [1.54, 1.807) is 16.8 Å². The van der Waals surface area contributed by atoms with Gasteiger partial charge in [0.25, 0.3) is 5.56 Å². The zero-order valence-corrected chi connectivity index (χ0v) is 15.4. The van der Waals surface area contributed by atoms with Gasteiger partial charge in [-0.25, -0.2) is 4.98 Å². The number of ether oxygens (including phenoxy) is 1. The van der Waals surface area contributed by atoms with Gasteiger partial charge in [-0.15, -0.1) is 0 Å². The zero-order valence-electron chi connectivity index (χ0n) is 13.8. The van der Waals surface area contributed by atoms with E-state index in [9.17, 15) is 4.79 Å². The van der Waals surface area contributed by atoms with Crippen LogP contribution in [0.3, 0.4) is 0 Å². The Hall–Kier alpha value is -1.92. The van der Waals surface area contributed by atoms with Crippen LogP contribution in [0.2, 0.25) is 5.02 Å². The summed E-state index contributed by atoms with van der Waals surface area (Å²) < 4.78 is 7.37. The fourth-order valence-corrected chi connectivity index (χ4v) is 3.64. The minimum atomic E-state index is -0.131. The molecule has 7 heteroatoms. The van der Waals surface area contributed by atoms with E-state index >= 15 is 0 Å². The van der Waals surface area contributed by atoms with Crippen LogP contribution in [0, 0.1) is 5.92 Å². The molecule has 0 amide bonds. The SMILES string of the molecule is CCSc1nc2cc[nH]c2c(=O)n1-c1ccc(OCC2CC2)c(Cl)c1. The van der Waals surface area contributed by atoms with Crippen molar-refractivity contribution in [3.05, 3.63) is 45.8 Å². The molecule has 25 heavy (non-hydrogen) atoms. The Morgan fingerprint density at radius 2 is 2.24 bits per heavy atom. The van der Waals surface area contributed by atoms with Crippen molar-refractivity contribution in [2.45, 2.75) is 24.9 Å².